The summed E-state index contributed by atoms with van der Waals surface area (Å²) < 4.78 is 5.25. The van der Waals surface area contributed by atoms with E-state index in [9.17, 15) is 0 Å². The molecule has 0 unspecified atom stereocenters. The van der Waals surface area contributed by atoms with Crippen LogP contribution in [0.15, 0.2) is 18.2 Å². The van der Waals surface area contributed by atoms with E-state index in [-0.39, 0.29) is 0 Å². The van der Waals surface area contributed by atoms with Crippen LogP contribution in [0.5, 0.6) is 5.75 Å². The van der Waals surface area contributed by atoms with Gasteiger partial charge in [-0.3, -0.25) is 4.90 Å². The third-order valence-electron chi connectivity index (χ3n) is 4.34. The summed E-state index contributed by atoms with van der Waals surface area (Å²) >= 11 is 0. The molecule has 0 bridgehead atoms. The smallest absolute Gasteiger partial charge is 0.121 e. The number of imidazole rings is 1. The molecule has 0 amide bonds. The zero-order valence-corrected chi connectivity index (χ0v) is 12.4. The fourth-order valence-electron chi connectivity index (χ4n) is 3.13. The highest BCUT2D eigenvalue weighted by Crippen LogP contribution is 2.23. The van der Waals surface area contributed by atoms with E-state index in [1.54, 1.807) is 7.11 Å². The minimum absolute atomic E-state index is 0.714. The number of H-pyrrole nitrogens is 1. The van der Waals surface area contributed by atoms with Crippen molar-refractivity contribution in [1.29, 1.82) is 0 Å². The van der Waals surface area contributed by atoms with Gasteiger partial charge in [0.2, 0.25) is 0 Å². The first-order valence-corrected chi connectivity index (χ1v) is 7.49. The van der Waals surface area contributed by atoms with Gasteiger partial charge in [-0.1, -0.05) is 19.3 Å². The van der Waals surface area contributed by atoms with E-state index < -0.39 is 0 Å². The van der Waals surface area contributed by atoms with Crippen LogP contribution in [0.4, 0.5) is 0 Å². The van der Waals surface area contributed by atoms with Crippen LogP contribution in [-0.4, -0.2) is 35.1 Å². The van der Waals surface area contributed by atoms with E-state index in [1.165, 1.54) is 32.1 Å². The first-order valence-electron chi connectivity index (χ1n) is 7.49. The van der Waals surface area contributed by atoms with E-state index in [0.29, 0.717) is 6.04 Å². The predicted molar refractivity (Wildman–Crippen MR) is 81.0 cm³/mol. The summed E-state index contributed by atoms with van der Waals surface area (Å²) in [6.07, 6.45) is 6.78. The SMILES string of the molecule is COc1ccc2nc(CN(C)C3CCCCC3)[nH]c2c1. The number of fused-ring (bicyclic) bond motifs is 1. The molecule has 1 N–H and O–H groups in total. The zero-order valence-electron chi connectivity index (χ0n) is 12.4. The second-order valence-electron chi connectivity index (χ2n) is 5.77. The summed E-state index contributed by atoms with van der Waals surface area (Å²) in [6.45, 7) is 0.891. The number of nitrogens with zero attached hydrogens (tertiary/aromatic N) is 2. The van der Waals surface area contributed by atoms with Crippen molar-refractivity contribution in [3.05, 3.63) is 24.0 Å². The molecule has 3 rings (SSSR count). The molecule has 1 aromatic carbocycles. The van der Waals surface area contributed by atoms with Gasteiger partial charge in [0, 0.05) is 12.1 Å². The Kier molecular flexibility index (Phi) is 3.92. The first-order chi connectivity index (χ1) is 9.76. The van der Waals surface area contributed by atoms with Crippen molar-refractivity contribution < 1.29 is 4.74 Å². The molecule has 0 radical (unpaired) electrons. The van der Waals surface area contributed by atoms with Crippen LogP contribution in [0.3, 0.4) is 0 Å². The number of benzene rings is 1. The summed E-state index contributed by atoms with van der Waals surface area (Å²) in [4.78, 5) is 10.5. The van der Waals surface area contributed by atoms with Crippen LogP contribution >= 0.6 is 0 Å². The standard InChI is InChI=1S/C16H23N3O/c1-19(12-6-4-3-5-7-12)11-16-17-14-9-8-13(20-2)10-15(14)18-16/h8-10,12H,3-7,11H2,1-2H3,(H,17,18). The Balaban J connectivity index is 1.73. The molecule has 2 aromatic rings. The van der Waals surface area contributed by atoms with Crippen molar-refractivity contribution in [2.45, 2.75) is 44.7 Å². The van der Waals surface area contributed by atoms with E-state index >= 15 is 0 Å². The molecule has 0 spiro atoms. The number of rotatable bonds is 4. The third kappa shape index (κ3) is 2.80. The number of hydrogen-bond acceptors (Lipinski definition) is 3. The van der Waals surface area contributed by atoms with Gasteiger partial charge in [-0.05, 0) is 32.0 Å². The molecule has 4 heteroatoms. The Labute approximate surface area is 120 Å². The second kappa shape index (κ2) is 5.83. The van der Waals surface area contributed by atoms with Gasteiger partial charge in [-0.15, -0.1) is 0 Å². The van der Waals surface area contributed by atoms with Crippen LogP contribution in [-0.2, 0) is 6.54 Å². The van der Waals surface area contributed by atoms with Crippen molar-refractivity contribution in [3.63, 3.8) is 0 Å². The molecule has 108 valence electrons. The Hall–Kier alpha value is -1.55. The monoisotopic (exact) mass is 273 g/mol. The largest absolute Gasteiger partial charge is 0.497 e. The fraction of sp³-hybridized carbons (Fsp3) is 0.562. The quantitative estimate of drug-likeness (QED) is 0.929. The average Bonchev–Trinajstić information content (AvgIpc) is 2.89. The number of aromatic amines is 1. The van der Waals surface area contributed by atoms with Crippen molar-refractivity contribution in [2.24, 2.45) is 0 Å². The number of ether oxygens (including phenoxy) is 1. The van der Waals surface area contributed by atoms with Gasteiger partial charge in [0.1, 0.15) is 11.6 Å². The zero-order chi connectivity index (χ0) is 13.9. The highest BCUT2D eigenvalue weighted by molar-refractivity contribution is 5.76. The molecule has 1 aliphatic carbocycles. The third-order valence-corrected chi connectivity index (χ3v) is 4.34. The lowest BCUT2D eigenvalue weighted by Crippen LogP contribution is -2.33. The number of hydrogen-bond donors (Lipinski definition) is 1. The van der Waals surface area contributed by atoms with Gasteiger partial charge in [-0.2, -0.15) is 0 Å². The minimum Gasteiger partial charge on any atom is -0.497 e. The van der Waals surface area contributed by atoms with Crippen LogP contribution in [0.25, 0.3) is 11.0 Å². The highest BCUT2D eigenvalue weighted by Gasteiger charge is 2.18. The highest BCUT2D eigenvalue weighted by atomic mass is 16.5. The topological polar surface area (TPSA) is 41.1 Å². The Morgan fingerprint density at radius 2 is 2.10 bits per heavy atom. The van der Waals surface area contributed by atoms with Crippen molar-refractivity contribution in [3.8, 4) is 5.75 Å². The minimum atomic E-state index is 0.714. The maximum Gasteiger partial charge on any atom is 0.121 e. The lowest BCUT2D eigenvalue weighted by Gasteiger charge is -2.30. The Bertz CT molecular complexity index is 572. The summed E-state index contributed by atoms with van der Waals surface area (Å²) in [6, 6.07) is 6.69. The summed E-state index contributed by atoms with van der Waals surface area (Å²) in [5, 5.41) is 0. The van der Waals surface area contributed by atoms with E-state index in [4.69, 9.17) is 4.74 Å². The molecule has 0 aliphatic heterocycles. The van der Waals surface area contributed by atoms with Crippen molar-refractivity contribution in [2.75, 3.05) is 14.2 Å². The molecule has 0 atom stereocenters. The van der Waals surface area contributed by atoms with Crippen molar-refractivity contribution >= 4 is 11.0 Å². The molecule has 1 aromatic heterocycles. The molecule has 1 saturated carbocycles. The van der Waals surface area contributed by atoms with Gasteiger partial charge in [0.05, 0.1) is 24.7 Å². The molecule has 0 saturated heterocycles. The lowest BCUT2D eigenvalue weighted by atomic mass is 9.94. The predicted octanol–water partition coefficient (Wildman–Crippen LogP) is 3.34. The maximum absolute atomic E-state index is 5.25. The Morgan fingerprint density at radius 3 is 2.85 bits per heavy atom. The van der Waals surface area contributed by atoms with Crippen LogP contribution in [0.1, 0.15) is 37.9 Å². The summed E-state index contributed by atoms with van der Waals surface area (Å²) in [5.74, 6) is 1.91. The molecule has 1 aliphatic rings. The van der Waals surface area contributed by atoms with E-state index in [1.807, 2.05) is 18.2 Å². The average molecular weight is 273 g/mol. The summed E-state index contributed by atoms with van der Waals surface area (Å²) in [7, 11) is 3.90. The second-order valence-corrected chi connectivity index (χ2v) is 5.77. The summed E-state index contributed by atoms with van der Waals surface area (Å²) in [5.41, 5.74) is 2.06. The molecule has 1 fully saturated rings. The maximum atomic E-state index is 5.25. The van der Waals surface area contributed by atoms with Gasteiger partial charge in [0.25, 0.3) is 0 Å². The van der Waals surface area contributed by atoms with E-state index in [0.717, 1.165) is 29.2 Å². The Morgan fingerprint density at radius 1 is 1.30 bits per heavy atom. The fourth-order valence-corrected chi connectivity index (χ4v) is 3.13. The molecule has 1 heterocycles. The number of methoxy groups -OCH3 is 1. The molecule has 4 nitrogen and oxygen atoms in total. The van der Waals surface area contributed by atoms with E-state index in [2.05, 4.69) is 21.9 Å². The van der Waals surface area contributed by atoms with Crippen LogP contribution in [0, 0.1) is 0 Å². The van der Waals surface area contributed by atoms with Gasteiger partial charge >= 0.3 is 0 Å². The first kappa shape index (κ1) is 13.4. The van der Waals surface area contributed by atoms with Gasteiger partial charge < -0.3 is 9.72 Å². The van der Waals surface area contributed by atoms with Crippen molar-refractivity contribution in [1.82, 2.24) is 14.9 Å². The van der Waals surface area contributed by atoms with Crippen LogP contribution in [0.2, 0.25) is 0 Å². The number of nitrogens with one attached hydrogen (secondary N) is 1. The van der Waals surface area contributed by atoms with Gasteiger partial charge in [0.15, 0.2) is 0 Å². The van der Waals surface area contributed by atoms with Crippen LogP contribution < -0.4 is 4.74 Å². The normalized spacial score (nSPS) is 16.9. The lowest BCUT2D eigenvalue weighted by molar-refractivity contribution is 0.181. The number of aromatic nitrogens is 2. The van der Waals surface area contributed by atoms with Gasteiger partial charge in [-0.25, -0.2) is 4.98 Å². The molecule has 20 heavy (non-hydrogen) atoms. The molecular formula is C16H23N3O. The molecular weight excluding hydrogens is 250 g/mol.